The summed E-state index contributed by atoms with van der Waals surface area (Å²) in [5, 5.41) is 16.1. The number of benzene rings is 3. The molecule has 1 aliphatic rings. The van der Waals surface area contributed by atoms with E-state index in [4.69, 9.17) is 14.6 Å². The number of ether oxygens (including phenoxy) is 2. The summed E-state index contributed by atoms with van der Waals surface area (Å²) in [6, 6.07) is 30.2. The van der Waals surface area contributed by atoms with Crippen molar-refractivity contribution in [2.24, 2.45) is 0 Å². The van der Waals surface area contributed by atoms with Crippen molar-refractivity contribution in [2.75, 3.05) is 19.7 Å². The van der Waals surface area contributed by atoms with Gasteiger partial charge in [0.15, 0.2) is 0 Å². The Bertz CT molecular complexity index is 1260. The monoisotopic (exact) mass is 511 g/mol. The Kier molecular flexibility index (Phi) is 8.86. The van der Waals surface area contributed by atoms with Gasteiger partial charge in [-0.25, -0.2) is 4.68 Å². The van der Waals surface area contributed by atoms with Gasteiger partial charge in [0.25, 0.3) is 0 Å². The van der Waals surface area contributed by atoms with Crippen LogP contribution in [0.25, 0.3) is 5.69 Å². The largest absolute Gasteiger partial charge is 0.439 e. The van der Waals surface area contributed by atoms with Gasteiger partial charge in [-0.3, -0.25) is 4.90 Å². The quantitative estimate of drug-likeness (QED) is 0.260. The van der Waals surface area contributed by atoms with Gasteiger partial charge >= 0.3 is 0 Å². The summed E-state index contributed by atoms with van der Waals surface area (Å²) in [7, 11) is 0. The molecule has 2 atom stereocenters. The molecule has 3 aromatic carbocycles. The number of nitrogens with zero attached hydrogens (tertiary/aromatic N) is 3. The Morgan fingerprint density at radius 1 is 1.00 bits per heavy atom. The lowest BCUT2D eigenvalue weighted by Gasteiger charge is -2.28. The highest BCUT2D eigenvalue weighted by molar-refractivity contribution is 5.43. The molecule has 198 valence electrons. The van der Waals surface area contributed by atoms with E-state index in [1.165, 1.54) is 0 Å². The Morgan fingerprint density at radius 3 is 2.34 bits per heavy atom. The van der Waals surface area contributed by atoms with Gasteiger partial charge in [0.1, 0.15) is 5.75 Å². The summed E-state index contributed by atoms with van der Waals surface area (Å²) in [5.74, 6) is 1.48. The van der Waals surface area contributed by atoms with Crippen LogP contribution < -0.4 is 4.74 Å². The number of para-hydroxylation sites is 2. The summed E-state index contributed by atoms with van der Waals surface area (Å²) < 4.78 is 14.4. The number of aliphatic hydroxyl groups excluding tert-OH is 1. The molecule has 0 amide bonds. The zero-order valence-corrected chi connectivity index (χ0v) is 22.1. The van der Waals surface area contributed by atoms with E-state index in [0.717, 1.165) is 60.7 Å². The third-order valence-electron chi connectivity index (χ3n) is 6.96. The van der Waals surface area contributed by atoms with Crippen LogP contribution in [-0.2, 0) is 24.1 Å². The average Bonchev–Trinajstić information content (AvgIpc) is 3.58. The van der Waals surface area contributed by atoms with Gasteiger partial charge in [-0.2, -0.15) is 5.10 Å². The lowest BCUT2D eigenvalue weighted by molar-refractivity contribution is 0.0461. The lowest BCUT2D eigenvalue weighted by Crippen LogP contribution is -2.38. The number of hydrogen-bond donors (Lipinski definition) is 1. The van der Waals surface area contributed by atoms with E-state index in [9.17, 15) is 5.11 Å². The summed E-state index contributed by atoms with van der Waals surface area (Å²) in [4.78, 5) is 2.31. The van der Waals surface area contributed by atoms with E-state index in [1.807, 2.05) is 83.5 Å². The molecule has 0 unspecified atom stereocenters. The van der Waals surface area contributed by atoms with Crippen LogP contribution in [0.4, 0.5) is 0 Å². The Hall–Kier alpha value is -3.45. The zero-order chi connectivity index (χ0) is 26.2. The third kappa shape index (κ3) is 6.70. The predicted molar refractivity (Wildman–Crippen MR) is 150 cm³/mol. The molecule has 4 aromatic rings. The van der Waals surface area contributed by atoms with Crippen LogP contribution in [0.2, 0.25) is 0 Å². The molecule has 1 aliphatic heterocycles. The SMILES string of the molecule is CCc1nn(-c2ccccc2)c(Oc2ccccc2)c1CN(C[C@H](O)Cc1ccccc1)C[C@@H]1CCCO1. The first-order valence-electron chi connectivity index (χ1n) is 13.6. The van der Waals surface area contributed by atoms with Crippen LogP contribution in [0.15, 0.2) is 91.0 Å². The normalized spacial score (nSPS) is 16.1. The molecule has 1 N–H and O–H groups in total. The molecule has 1 saturated heterocycles. The molecule has 6 nitrogen and oxygen atoms in total. The highest BCUT2D eigenvalue weighted by Crippen LogP contribution is 2.32. The third-order valence-corrected chi connectivity index (χ3v) is 6.96. The van der Waals surface area contributed by atoms with E-state index in [1.54, 1.807) is 0 Å². The number of aromatic nitrogens is 2. The maximum Gasteiger partial charge on any atom is 0.227 e. The van der Waals surface area contributed by atoms with Crippen molar-refractivity contribution in [1.29, 1.82) is 0 Å². The van der Waals surface area contributed by atoms with Gasteiger partial charge < -0.3 is 14.6 Å². The second-order valence-electron chi connectivity index (χ2n) is 9.92. The van der Waals surface area contributed by atoms with E-state index in [0.29, 0.717) is 25.4 Å². The van der Waals surface area contributed by atoms with Crippen LogP contribution in [0.1, 0.15) is 36.6 Å². The van der Waals surface area contributed by atoms with Gasteiger partial charge in [-0.05, 0) is 55.5 Å². The van der Waals surface area contributed by atoms with Crippen LogP contribution in [0.3, 0.4) is 0 Å². The first kappa shape index (κ1) is 26.2. The standard InChI is InChI=1S/C32H37N3O3/c1-2-31-30(32(38-28-17-10-5-11-18-28)35(33-31)26-15-8-4-9-16-26)24-34(23-29-19-12-20-37-29)22-27(36)21-25-13-6-3-7-14-25/h3-11,13-18,27,29,36H,2,12,19-24H2,1H3/t27-,29+/m1/s1. The van der Waals surface area contributed by atoms with Gasteiger partial charge in [0.05, 0.1) is 29.2 Å². The topological polar surface area (TPSA) is 59.8 Å². The zero-order valence-electron chi connectivity index (χ0n) is 22.1. The molecule has 6 heteroatoms. The van der Waals surface area contributed by atoms with E-state index >= 15 is 0 Å². The van der Waals surface area contributed by atoms with Gasteiger partial charge in [-0.1, -0.05) is 73.7 Å². The maximum absolute atomic E-state index is 11.1. The van der Waals surface area contributed by atoms with Crippen molar-refractivity contribution in [2.45, 2.75) is 51.4 Å². The molecular weight excluding hydrogens is 474 g/mol. The fraction of sp³-hybridized carbons (Fsp3) is 0.344. The fourth-order valence-corrected chi connectivity index (χ4v) is 5.12. The van der Waals surface area contributed by atoms with Gasteiger partial charge in [-0.15, -0.1) is 0 Å². The van der Waals surface area contributed by atoms with Crippen LogP contribution >= 0.6 is 0 Å². The summed E-state index contributed by atoms with van der Waals surface area (Å²) >= 11 is 0. The van der Waals surface area contributed by atoms with Crippen LogP contribution in [0.5, 0.6) is 11.6 Å². The fourth-order valence-electron chi connectivity index (χ4n) is 5.12. The smallest absolute Gasteiger partial charge is 0.227 e. The van der Waals surface area contributed by atoms with Gasteiger partial charge in [0.2, 0.25) is 5.88 Å². The average molecular weight is 512 g/mol. The number of hydrogen-bond acceptors (Lipinski definition) is 5. The maximum atomic E-state index is 11.1. The predicted octanol–water partition coefficient (Wildman–Crippen LogP) is 5.81. The molecule has 0 saturated carbocycles. The van der Waals surface area contributed by atoms with Crippen molar-refractivity contribution in [3.8, 4) is 17.3 Å². The number of aliphatic hydroxyl groups is 1. The molecule has 5 rings (SSSR count). The Morgan fingerprint density at radius 2 is 1.68 bits per heavy atom. The number of rotatable bonds is 12. The molecule has 0 bridgehead atoms. The Labute approximate surface area is 225 Å². The van der Waals surface area contributed by atoms with Crippen molar-refractivity contribution < 1.29 is 14.6 Å². The van der Waals surface area contributed by atoms with Crippen molar-refractivity contribution in [1.82, 2.24) is 14.7 Å². The molecule has 0 radical (unpaired) electrons. The molecule has 0 spiro atoms. The second kappa shape index (κ2) is 12.9. The highest BCUT2D eigenvalue weighted by atomic mass is 16.5. The van der Waals surface area contributed by atoms with Crippen molar-refractivity contribution in [3.05, 3.63) is 108 Å². The minimum Gasteiger partial charge on any atom is -0.439 e. The second-order valence-corrected chi connectivity index (χ2v) is 9.92. The minimum absolute atomic E-state index is 0.173. The first-order chi connectivity index (χ1) is 18.7. The Balaban J connectivity index is 1.46. The molecular formula is C32H37N3O3. The minimum atomic E-state index is -0.494. The molecule has 0 aliphatic carbocycles. The van der Waals surface area contributed by atoms with Crippen molar-refractivity contribution >= 4 is 0 Å². The van der Waals surface area contributed by atoms with Crippen LogP contribution in [0, 0.1) is 0 Å². The first-order valence-corrected chi connectivity index (χ1v) is 13.6. The summed E-state index contributed by atoms with van der Waals surface area (Å²) in [6.45, 7) is 4.85. The van der Waals surface area contributed by atoms with E-state index < -0.39 is 6.10 Å². The van der Waals surface area contributed by atoms with Crippen LogP contribution in [-0.4, -0.2) is 51.7 Å². The highest BCUT2D eigenvalue weighted by Gasteiger charge is 2.26. The van der Waals surface area contributed by atoms with E-state index in [2.05, 4.69) is 24.0 Å². The molecule has 1 aromatic heterocycles. The molecule has 1 fully saturated rings. The summed E-state index contributed by atoms with van der Waals surface area (Å²) in [6.07, 6.45) is 3.20. The summed E-state index contributed by atoms with van der Waals surface area (Å²) in [5.41, 5.74) is 4.13. The lowest BCUT2D eigenvalue weighted by atomic mass is 10.1. The molecule has 38 heavy (non-hydrogen) atoms. The van der Waals surface area contributed by atoms with Crippen molar-refractivity contribution in [3.63, 3.8) is 0 Å². The molecule has 2 heterocycles. The van der Waals surface area contributed by atoms with E-state index in [-0.39, 0.29) is 6.10 Å². The number of aryl methyl sites for hydroxylation is 1. The van der Waals surface area contributed by atoms with Gasteiger partial charge in [0, 0.05) is 26.2 Å².